The van der Waals surface area contributed by atoms with E-state index in [9.17, 15) is 4.79 Å². The number of hydrogen-bond acceptors (Lipinski definition) is 3. The molecule has 0 unspecified atom stereocenters. The van der Waals surface area contributed by atoms with E-state index in [2.05, 4.69) is 0 Å². The van der Waals surface area contributed by atoms with Crippen molar-refractivity contribution in [1.29, 1.82) is 0 Å². The smallest absolute Gasteiger partial charge is 0.339 e. The number of hydrogen-bond donors (Lipinski definition) is 3. The molecule has 0 amide bonds. The quantitative estimate of drug-likeness (QED) is 0.544. The van der Waals surface area contributed by atoms with Gasteiger partial charge in [0.1, 0.15) is 17.1 Å². The van der Waals surface area contributed by atoms with Gasteiger partial charge in [0.05, 0.1) is 0 Å². The lowest BCUT2D eigenvalue weighted by molar-refractivity contribution is 0.0693. The Bertz CT molecular complexity index is 419. The van der Waals surface area contributed by atoms with Crippen molar-refractivity contribution in [2.45, 2.75) is 13.8 Å². The molecule has 0 fully saturated rings. The molecule has 0 bridgehead atoms. The molecular weight excluding hydrogens is 220 g/mol. The van der Waals surface area contributed by atoms with Crippen LogP contribution in [0.4, 0.5) is 0 Å². The minimum absolute atomic E-state index is 0.0671. The van der Waals surface area contributed by atoms with Crippen molar-refractivity contribution in [1.82, 2.24) is 0 Å². The van der Waals surface area contributed by atoms with Crippen LogP contribution in [0, 0.1) is 0 Å². The number of rotatable bonds is 2. The molecule has 1 aromatic carbocycles. The summed E-state index contributed by atoms with van der Waals surface area (Å²) in [6, 6.07) is 5.81. The predicted molar refractivity (Wildman–Crippen MR) is 66.3 cm³/mol. The third-order valence-corrected chi connectivity index (χ3v) is 1.77. The van der Waals surface area contributed by atoms with Crippen molar-refractivity contribution in [3.05, 3.63) is 53.8 Å². The van der Waals surface area contributed by atoms with E-state index in [4.69, 9.17) is 15.3 Å². The standard InChI is InChI=1S/C7H6O3.C6H10O/c8-6-4-2-1-3-5(6)7(9)10;1-3-5-6(7)4-2/h1-4,8H,(H,9,10);3-5,7H,1-2H3. The number of aliphatic hydroxyl groups is 1. The van der Waals surface area contributed by atoms with Gasteiger partial charge in [-0.1, -0.05) is 18.2 Å². The van der Waals surface area contributed by atoms with Gasteiger partial charge in [-0.3, -0.25) is 0 Å². The summed E-state index contributed by atoms with van der Waals surface area (Å²) in [5.74, 6) is -0.990. The Morgan fingerprint density at radius 2 is 1.76 bits per heavy atom. The Kier molecular flexibility index (Phi) is 6.94. The first-order valence-electron chi connectivity index (χ1n) is 5.02. The normalized spacial score (nSPS) is 10.8. The summed E-state index contributed by atoms with van der Waals surface area (Å²) in [5, 5.41) is 25.9. The Morgan fingerprint density at radius 3 is 2.06 bits per heavy atom. The molecule has 4 nitrogen and oxygen atoms in total. The number of aromatic hydroxyl groups is 1. The van der Waals surface area contributed by atoms with Crippen LogP contribution in [0.25, 0.3) is 0 Å². The number of aliphatic hydroxyl groups excluding tert-OH is 1. The van der Waals surface area contributed by atoms with Gasteiger partial charge in [0.2, 0.25) is 0 Å². The molecule has 0 aromatic heterocycles. The molecule has 92 valence electrons. The summed E-state index contributed by atoms with van der Waals surface area (Å²) in [6.45, 7) is 3.65. The molecule has 1 aromatic rings. The molecule has 0 saturated carbocycles. The fourth-order valence-electron chi connectivity index (χ4n) is 0.921. The Balaban J connectivity index is 0.000000325. The van der Waals surface area contributed by atoms with Gasteiger partial charge in [-0.25, -0.2) is 4.79 Å². The van der Waals surface area contributed by atoms with E-state index in [-0.39, 0.29) is 11.3 Å². The van der Waals surface area contributed by atoms with Gasteiger partial charge in [-0.2, -0.15) is 0 Å². The summed E-state index contributed by atoms with van der Waals surface area (Å²) >= 11 is 0. The molecular formula is C13H16O4. The highest BCUT2D eigenvalue weighted by Crippen LogP contribution is 2.14. The second kappa shape index (κ2) is 7.98. The van der Waals surface area contributed by atoms with Crippen LogP contribution in [0.2, 0.25) is 0 Å². The number of phenols is 1. The van der Waals surface area contributed by atoms with Crippen LogP contribution >= 0.6 is 0 Å². The van der Waals surface area contributed by atoms with Gasteiger partial charge in [-0.05, 0) is 38.1 Å². The summed E-state index contributed by atoms with van der Waals surface area (Å²) in [7, 11) is 0. The Morgan fingerprint density at radius 1 is 1.18 bits per heavy atom. The number of carboxylic acid groups (broad SMARTS) is 1. The Labute approximate surface area is 100 Å². The maximum atomic E-state index is 10.3. The van der Waals surface area contributed by atoms with Gasteiger partial charge >= 0.3 is 5.97 Å². The molecule has 0 aliphatic rings. The summed E-state index contributed by atoms with van der Waals surface area (Å²) in [4.78, 5) is 10.3. The lowest BCUT2D eigenvalue weighted by Crippen LogP contribution is -1.95. The number of carbonyl (C=O) groups is 1. The van der Waals surface area contributed by atoms with Gasteiger partial charge in [0.25, 0.3) is 0 Å². The van der Waals surface area contributed by atoms with Crippen molar-refractivity contribution >= 4 is 5.97 Å². The lowest BCUT2D eigenvalue weighted by Gasteiger charge is -1.95. The van der Waals surface area contributed by atoms with Crippen molar-refractivity contribution in [2.24, 2.45) is 0 Å². The number of allylic oxidation sites excluding steroid dienone is 3. The van der Waals surface area contributed by atoms with E-state index in [0.717, 1.165) is 0 Å². The van der Waals surface area contributed by atoms with Gasteiger partial charge < -0.3 is 15.3 Å². The first-order valence-corrected chi connectivity index (χ1v) is 5.02. The number of aromatic carboxylic acids is 1. The third kappa shape index (κ3) is 6.04. The van der Waals surface area contributed by atoms with Crippen LogP contribution in [0.1, 0.15) is 24.2 Å². The maximum Gasteiger partial charge on any atom is 0.339 e. The number of carboxylic acids is 1. The van der Waals surface area contributed by atoms with E-state index in [1.807, 2.05) is 6.92 Å². The molecule has 0 atom stereocenters. The first-order chi connectivity index (χ1) is 8.02. The zero-order valence-electron chi connectivity index (χ0n) is 9.79. The topological polar surface area (TPSA) is 77.8 Å². The van der Waals surface area contributed by atoms with E-state index in [1.54, 1.807) is 37.3 Å². The molecule has 0 saturated heterocycles. The molecule has 17 heavy (non-hydrogen) atoms. The molecule has 0 heterocycles. The van der Waals surface area contributed by atoms with Crippen LogP contribution < -0.4 is 0 Å². The average molecular weight is 236 g/mol. The second-order valence-corrected chi connectivity index (χ2v) is 3.04. The van der Waals surface area contributed by atoms with Crippen LogP contribution in [-0.4, -0.2) is 21.3 Å². The molecule has 4 heteroatoms. The zero-order valence-corrected chi connectivity index (χ0v) is 9.79. The van der Waals surface area contributed by atoms with Crippen LogP contribution in [0.3, 0.4) is 0 Å². The largest absolute Gasteiger partial charge is 0.508 e. The lowest BCUT2D eigenvalue weighted by atomic mass is 10.2. The van der Waals surface area contributed by atoms with Crippen molar-refractivity contribution < 1.29 is 20.1 Å². The average Bonchev–Trinajstić information content (AvgIpc) is 2.30. The van der Waals surface area contributed by atoms with E-state index in [0.29, 0.717) is 5.76 Å². The highest BCUT2D eigenvalue weighted by Gasteiger charge is 2.05. The zero-order chi connectivity index (χ0) is 13.3. The Hall–Kier alpha value is -2.23. The van der Waals surface area contributed by atoms with E-state index < -0.39 is 5.97 Å². The minimum atomic E-state index is -1.11. The fourth-order valence-corrected chi connectivity index (χ4v) is 0.921. The summed E-state index contributed by atoms with van der Waals surface area (Å²) in [6.07, 6.45) is 5.06. The molecule has 0 spiro atoms. The molecule has 0 aliphatic heterocycles. The fraction of sp³-hybridized carbons (Fsp3) is 0.154. The van der Waals surface area contributed by atoms with Crippen molar-refractivity contribution in [3.63, 3.8) is 0 Å². The van der Waals surface area contributed by atoms with Crippen LogP contribution in [-0.2, 0) is 0 Å². The first kappa shape index (κ1) is 14.8. The van der Waals surface area contributed by atoms with Crippen molar-refractivity contribution in [3.8, 4) is 5.75 Å². The molecule has 0 radical (unpaired) electrons. The molecule has 0 aliphatic carbocycles. The number of para-hydroxylation sites is 1. The molecule has 1 rings (SSSR count). The monoisotopic (exact) mass is 236 g/mol. The van der Waals surface area contributed by atoms with E-state index >= 15 is 0 Å². The third-order valence-electron chi connectivity index (χ3n) is 1.77. The maximum absolute atomic E-state index is 10.3. The molecule has 3 N–H and O–H groups in total. The van der Waals surface area contributed by atoms with Gasteiger partial charge in [-0.15, -0.1) is 0 Å². The predicted octanol–water partition coefficient (Wildman–Crippen LogP) is 3.11. The second-order valence-electron chi connectivity index (χ2n) is 3.04. The highest BCUT2D eigenvalue weighted by atomic mass is 16.4. The van der Waals surface area contributed by atoms with Crippen molar-refractivity contribution in [2.75, 3.05) is 0 Å². The van der Waals surface area contributed by atoms with Crippen LogP contribution in [0.15, 0.2) is 48.3 Å². The van der Waals surface area contributed by atoms with E-state index in [1.165, 1.54) is 12.1 Å². The highest BCUT2D eigenvalue weighted by molar-refractivity contribution is 5.90. The summed E-state index contributed by atoms with van der Waals surface area (Å²) < 4.78 is 0. The van der Waals surface area contributed by atoms with Gasteiger partial charge in [0, 0.05) is 0 Å². The minimum Gasteiger partial charge on any atom is -0.508 e. The SMILES string of the molecule is CC=CC(O)=CC.O=C(O)c1ccccc1O. The summed E-state index contributed by atoms with van der Waals surface area (Å²) in [5.41, 5.74) is -0.0671. The van der Waals surface area contributed by atoms with Gasteiger partial charge in [0.15, 0.2) is 0 Å². The van der Waals surface area contributed by atoms with Crippen LogP contribution in [0.5, 0.6) is 5.75 Å². The number of benzene rings is 1.